The number of nitrogens with zero attached hydrogens (tertiary/aromatic N) is 6. The van der Waals surface area contributed by atoms with Gasteiger partial charge in [0, 0.05) is 64.0 Å². The zero-order valence-corrected chi connectivity index (χ0v) is 19.9. The monoisotopic (exact) mass is 448 g/mol. The summed E-state index contributed by atoms with van der Waals surface area (Å²) in [4.78, 5) is 32.4. The van der Waals surface area contributed by atoms with Gasteiger partial charge < -0.3 is 14.7 Å². The van der Waals surface area contributed by atoms with Crippen LogP contribution in [0.1, 0.15) is 36.4 Å². The van der Waals surface area contributed by atoms with Crippen LogP contribution in [0.3, 0.4) is 0 Å². The Bertz CT molecular complexity index is 945. The average Bonchev–Trinajstić information content (AvgIpc) is 3.60. The molecule has 2 aromatic rings. The minimum absolute atomic E-state index is 0.0593. The lowest BCUT2D eigenvalue weighted by atomic mass is 9.91. The van der Waals surface area contributed by atoms with Crippen molar-refractivity contribution in [2.45, 2.75) is 37.8 Å². The lowest BCUT2D eigenvalue weighted by Crippen LogP contribution is -2.40. The number of anilines is 1. The van der Waals surface area contributed by atoms with Gasteiger partial charge in [0.25, 0.3) is 0 Å². The summed E-state index contributed by atoms with van der Waals surface area (Å²) in [7, 11) is 4.22. The maximum atomic E-state index is 13.8. The van der Waals surface area contributed by atoms with E-state index in [0.717, 1.165) is 63.9 Å². The number of likely N-dealkylation sites (N-methyl/N-ethyl adjacent to an activating group) is 1. The number of aromatic nitrogens is 2. The van der Waals surface area contributed by atoms with Gasteiger partial charge >= 0.3 is 0 Å². The van der Waals surface area contributed by atoms with Crippen LogP contribution in [0, 0.1) is 5.92 Å². The highest BCUT2D eigenvalue weighted by molar-refractivity contribution is 5.81. The van der Waals surface area contributed by atoms with Gasteiger partial charge in [0.05, 0.1) is 11.6 Å². The number of rotatable bonds is 6. The molecule has 0 bridgehead atoms. The third kappa shape index (κ3) is 4.89. The summed E-state index contributed by atoms with van der Waals surface area (Å²) in [5, 5.41) is 0. The molecule has 3 fully saturated rings. The average molecular weight is 449 g/mol. The lowest BCUT2D eigenvalue weighted by molar-refractivity contribution is -0.134. The Balaban J connectivity index is 1.38. The van der Waals surface area contributed by atoms with Crippen LogP contribution in [0.5, 0.6) is 0 Å². The molecule has 0 N–H and O–H groups in total. The van der Waals surface area contributed by atoms with Crippen molar-refractivity contribution in [2.75, 3.05) is 58.3 Å². The van der Waals surface area contributed by atoms with Crippen molar-refractivity contribution in [3.05, 3.63) is 53.9 Å². The van der Waals surface area contributed by atoms with E-state index in [0.29, 0.717) is 11.9 Å². The van der Waals surface area contributed by atoms with Gasteiger partial charge in [-0.3, -0.25) is 9.69 Å². The van der Waals surface area contributed by atoms with E-state index in [1.54, 1.807) is 0 Å². The minimum atomic E-state index is -0.0593. The zero-order valence-electron chi connectivity index (χ0n) is 19.9. The molecule has 1 aromatic heterocycles. The van der Waals surface area contributed by atoms with Gasteiger partial charge in [0.1, 0.15) is 0 Å². The topological polar surface area (TPSA) is 55.8 Å². The predicted octanol–water partition coefficient (Wildman–Crippen LogP) is 2.45. The van der Waals surface area contributed by atoms with Crippen molar-refractivity contribution in [2.24, 2.45) is 5.92 Å². The summed E-state index contributed by atoms with van der Waals surface area (Å²) in [5.74, 6) is 1.16. The molecule has 1 aromatic carbocycles. The van der Waals surface area contributed by atoms with Crippen LogP contribution in [0.4, 0.5) is 5.95 Å². The maximum absolute atomic E-state index is 13.8. The van der Waals surface area contributed by atoms with Crippen LogP contribution in [0.25, 0.3) is 0 Å². The van der Waals surface area contributed by atoms with Crippen LogP contribution in [0.15, 0.2) is 42.6 Å². The van der Waals surface area contributed by atoms with Crippen LogP contribution in [-0.2, 0) is 11.3 Å². The summed E-state index contributed by atoms with van der Waals surface area (Å²) in [6, 6.07) is 13.1. The zero-order chi connectivity index (χ0) is 22.8. The molecule has 7 nitrogen and oxygen atoms in total. The summed E-state index contributed by atoms with van der Waals surface area (Å²) >= 11 is 0. The molecule has 33 heavy (non-hydrogen) atoms. The fourth-order valence-electron chi connectivity index (χ4n) is 5.64. The van der Waals surface area contributed by atoms with E-state index in [1.165, 1.54) is 18.4 Å². The summed E-state index contributed by atoms with van der Waals surface area (Å²) < 4.78 is 0. The van der Waals surface area contributed by atoms with Crippen LogP contribution in [0.2, 0.25) is 0 Å². The number of carbonyl (C=O) groups excluding carboxylic acids is 1. The highest BCUT2D eigenvalue weighted by Crippen LogP contribution is 2.35. The predicted molar refractivity (Wildman–Crippen MR) is 130 cm³/mol. The van der Waals surface area contributed by atoms with Crippen LogP contribution in [-0.4, -0.2) is 90.0 Å². The Kier molecular flexibility index (Phi) is 6.60. The Morgan fingerprint density at radius 1 is 1.03 bits per heavy atom. The SMILES string of the molecule is CN(C)C1CCN(C(=O)[C@H]2CN(Cc3ccccc3)C[C@@H]2c2ccnc(N3CCCC3)n2)C1. The first-order valence-corrected chi connectivity index (χ1v) is 12.4. The molecule has 176 valence electrons. The second-order valence-electron chi connectivity index (χ2n) is 10.1. The third-order valence-corrected chi connectivity index (χ3v) is 7.60. The van der Waals surface area contributed by atoms with Gasteiger partial charge in [0.15, 0.2) is 0 Å². The van der Waals surface area contributed by atoms with Crippen molar-refractivity contribution in [1.29, 1.82) is 0 Å². The number of hydrogen-bond acceptors (Lipinski definition) is 6. The van der Waals surface area contributed by atoms with Gasteiger partial charge in [-0.2, -0.15) is 0 Å². The Morgan fingerprint density at radius 2 is 1.82 bits per heavy atom. The van der Waals surface area contributed by atoms with Gasteiger partial charge in [-0.15, -0.1) is 0 Å². The summed E-state index contributed by atoms with van der Waals surface area (Å²) in [6.07, 6.45) is 5.34. The normalized spacial score (nSPS) is 26.0. The van der Waals surface area contributed by atoms with Gasteiger partial charge in [-0.25, -0.2) is 9.97 Å². The van der Waals surface area contributed by atoms with E-state index >= 15 is 0 Å². The second kappa shape index (κ2) is 9.77. The van der Waals surface area contributed by atoms with Gasteiger partial charge in [-0.1, -0.05) is 30.3 Å². The third-order valence-electron chi connectivity index (χ3n) is 7.60. The van der Waals surface area contributed by atoms with E-state index in [2.05, 4.69) is 69.0 Å². The molecule has 1 unspecified atom stereocenters. The molecular weight excluding hydrogens is 412 g/mol. The standard InChI is InChI=1S/C26H36N6O/c1-29(2)21-11-15-32(17-21)25(33)23-19-30(16-20-8-4-3-5-9-20)18-22(23)24-10-12-27-26(28-24)31-13-6-7-14-31/h3-5,8-10,12,21-23H,6-7,11,13-19H2,1-2H3/t21?,22-,23-/m0/s1. The van der Waals surface area contributed by atoms with Gasteiger partial charge in [0.2, 0.25) is 11.9 Å². The first kappa shape index (κ1) is 22.3. The molecule has 1 amide bonds. The molecule has 0 spiro atoms. The van der Waals surface area contributed by atoms with Crippen molar-refractivity contribution >= 4 is 11.9 Å². The molecule has 0 radical (unpaired) electrons. The Hall–Kier alpha value is -2.51. The van der Waals surface area contributed by atoms with Crippen molar-refractivity contribution in [3.8, 4) is 0 Å². The Labute approximate surface area is 197 Å². The Morgan fingerprint density at radius 3 is 2.55 bits per heavy atom. The fourth-order valence-corrected chi connectivity index (χ4v) is 5.64. The molecule has 3 atom stereocenters. The smallest absolute Gasteiger partial charge is 0.227 e. The molecule has 5 rings (SSSR count). The summed E-state index contributed by atoms with van der Waals surface area (Å²) in [5.41, 5.74) is 2.31. The quantitative estimate of drug-likeness (QED) is 0.677. The fraction of sp³-hybridized carbons (Fsp3) is 0.577. The highest BCUT2D eigenvalue weighted by Gasteiger charge is 2.42. The van der Waals surface area contributed by atoms with Crippen molar-refractivity contribution < 1.29 is 4.79 Å². The molecule has 3 aliphatic rings. The van der Waals surface area contributed by atoms with Crippen molar-refractivity contribution in [3.63, 3.8) is 0 Å². The molecule has 4 heterocycles. The van der Waals surface area contributed by atoms with Crippen molar-refractivity contribution in [1.82, 2.24) is 24.7 Å². The largest absolute Gasteiger partial charge is 0.341 e. The number of carbonyl (C=O) groups is 1. The second-order valence-corrected chi connectivity index (χ2v) is 10.1. The van der Waals surface area contributed by atoms with E-state index in [1.807, 2.05) is 12.3 Å². The number of likely N-dealkylation sites (tertiary alicyclic amines) is 2. The number of hydrogen-bond donors (Lipinski definition) is 0. The molecule has 0 aliphatic carbocycles. The van der Waals surface area contributed by atoms with Gasteiger partial charge in [-0.05, 0) is 45.0 Å². The van der Waals surface area contributed by atoms with E-state index in [4.69, 9.17) is 4.98 Å². The molecular formula is C26H36N6O. The van der Waals surface area contributed by atoms with Crippen LogP contribution >= 0.6 is 0 Å². The van der Waals surface area contributed by atoms with E-state index < -0.39 is 0 Å². The first-order valence-electron chi connectivity index (χ1n) is 12.4. The van der Waals surface area contributed by atoms with E-state index in [-0.39, 0.29) is 11.8 Å². The van der Waals surface area contributed by atoms with E-state index in [9.17, 15) is 4.79 Å². The molecule has 0 saturated carbocycles. The minimum Gasteiger partial charge on any atom is -0.341 e. The summed E-state index contributed by atoms with van der Waals surface area (Å²) in [6.45, 7) is 6.23. The lowest BCUT2D eigenvalue weighted by Gasteiger charge is -2.25. The first-order chi connectivity index (χ1) is 16.1. The maximum Gasteiger partial charge on any atom is 0.227 e. The van der Waals surface area contributed by atoms with Crippen LogP contribution < -0.4 is 4.90 Å². The number of benzene rings is 1. The molecule has 3 aliphatic heterocycles. The molecule has 7 heteroatoms. The highest BCUT2D eigenvalue weighted by atomic mass is 16.2. The number of amides is 1. The molecule has 3 saturated heterocycles.